The molecule has 0 aliphatic rings. The molecule has 7 nitrogen and oxygen atoms in total. The number of hydrogen-bond acceptors (Lipinski definition) is 4. The van der Waals surface area contributed by atoms with Gasteiger partial charge in [0.25, 0.3) is 0 Å². The molecule has 7 heteroatoms. The molecule has 0 radical (unpaired) electrons. The van der Waals surface area contributed by atoms with Gasteiger partial charge in [0.15, 0.2) is 0 Å². The lowest BCUT2D eigenvalue weighted by Gasteiger charge is -2.25. The standard InChI is InChI=1S/C18H27N5O2/c1-22(2)17(15-6-8-16(25-3)9-7-15)14-20-18(24)19-10-4-12-23-13-5-11-21-23/h5-9,11,13,17H,4,10,12,14H2,1-3H3,(H2,19,20,24). The van der Waals surface area contributed by atoms with Gasteiger partial charge in [-0.25, -0.2) is 4.79 Å². The fraction of sp³-hybridized carbons (Fsp3) is 0.444. The predicted octanol–water partition coefficient (Wildman–Crippen LogP) is 1.88. The van der Waals surface area contributed by atoms with Gasteiger partial charge in [-0.3, -0.25) is 4.68 Å². The first kappa shape index (κ1) is 18.8. The summed E-state index contributed by atoms with van der Waals surface area (Å²) in [5.74, 6) is 0.823. The Balaban J connectivity index is 1.74. The second kappa shape index (κ2) is 9.68. The van der Waals surface area contributed by atoms with Crippen molar-refractivity contribution in [1.82, 2.24) is 25.3 Å². The monoisotopic (exact) mass is 345 g/mol. The number of rotatable bonds is 9. The van der Waals surface area contributed by atoms with Crippen molar-refractivity contribution in [2.45, 2.75) is 19.0 Å². The number of carbonyl (C=O) groups excluding carboxylic acids is 1. The smallest absolute Gasteiger partial charge is 0.314 e. The van der Waals surface area contributed by atoms with Crippen molar-refractivity contribution >= 4 is 6.03 Å². The number of amides is 2. The van der Waals surface area contributed by atoms with Gasteiger partial charge in [0.1, 0.15) is 5.75 Å². The number of nitrogens with one attached hydrogen (secondary N) is 2. The van der Waals surface area contributed by atoms with Crippen LogP contribution in [0.4, 0.5) is 4.79 Å². The molecule has 0 bridgehead atoms. The van der Waals surface area contributed by atoms with Crippen LogP contribution in [0.25, 0.3) is 0 Å². The molecule has 1 aromatic heterocycles. The van der Waals surface area contributed by atoms with Gasteiger partial charge in [-0.05, 0) is 44.3 Å². The maximum atomic E-state index is 12.0. The molecule has 0 spiro atoms. The molecular weight excluding hydrogens is 318 g/mol. The number of nitrogens with zero attached hydrogens (tertiary/aromatic N) is 3. The van der Waals surface area contributed by atoms with E-state index in [9.17, 15) is 4.79 Å². The van der Waals surface area contributed by atoms with Crippen molar-refractivity contribution in [2.24, 2.45) is 0 Å². The number of benzene rings is 1. The number of aryl methyl sites for hydroxylation is 1. The van der Waals surface area contributed by atoms with Crippen LogP contribution in [-0.4, -0.2) is 55.0 Å². The number of aromatic nitrogens is 2. The Morgan fingerprint density at radius 2 is 2.04 bits per heavy atom. The third-order valence-corrected chi connectivity index (χ3v) is 3.99. The fourth-order valence-electron chi connectivity index (χ4n) is 2.55. The average molecular weight is 345 g/mol. The Morgan fingerprint density at radius 3 is 2.64 bits per heavy atom. The second-order valence-corrected chi connectivity index (χ2v) is 6.01. The number of ether oxygens (including phenoxy) is 1. The molecule has 0 fully saturated rings. The Morgan fingerprint density at radius 1 is 1.28 bits per heavy atom. The van der Waals surface area contributed by atoms with Crippen LogP contribution in [0.2, 0.25) is 0 Å². The van der Waals surface area contributed by atoms with Gasteiger partial charge in [0.2, 0.25) is 0 Å². The number of methoxy groups -OCH3 is 1. The van der Waals surface area contributed by atoms with Crippen LogP contribution in [0, 0.1) is 0 Å². The minimum atomic E-state index is -0.152. The number of hydrogen-bond donors (Lipinski definition) is 2. The molecule has 2 aromatic rings. The third-order valence-electron chi connectivity index (χ3n) is 3.99. The highest BCUT2D eigenvalue weighted by Crippen LogP contribution is 2.20. The van der Waals surface area contributed by atoms with Crippen molar-refractivity contribution in [1.29, 1.82) is 0 Å². The molecule has 1 aromatic carbocycles. The fourth-order valence-corrected chi connectivity index (χ4v) is 2.55. The maximum absolute atomic E-state index is 12.0. The van der Waals surface area contributed by atoms with Crippen molar-refractivity contribution < 1.29 is 9.53 Å². The van der Waals surface area contributed by atoms with E-state index in [2.05, 4.69) is 20.6 Å². The van der Waals surface area contributed by atoms with Gasteiger partial charge in [0.05, 0.1) is 13.2 Å². The largest absolute Gasteiger partial charge is 0.497 e. The first-order chi connectivity index (χ1) is 12.1. The van der Waals surface area contributed by atoms with Crippen LogP contribution in [-0.2, 0) is 6.54 Å². The van der Waals surface area contributed by atoms with Crippen LogP contribution in [0.3, 0.4) is 0 Å². The summed E-state index contributed by atoms with van der Waals surface area (Å²) in [6, 6.07) is 9.74. The molecule has 2 rings (SSSR count). The Bertz CT molecular complexity index is 625. The van der Waals surface area contributed by atoms with E-state index < -0.39 is 0 Å². The van der Waals surface area contributed by atoms with Crippen molar-refractivity contribution in [2.75, 3.05) is 34.3 Å². The minimum absolute atomic E-state index is 0.0979. The van der Waals surface area contributed by atoms with Crippen molar-refractivity contribution in [3.05, 3.63) is 48.3 Å². The molecule has 2 amide bonds. The Hall–Kier alpha value is -2.54. The highest BCUT2D eigenvalue weighted by Gasteiger charge is 2.15. The van der Waals surface area contributed by atoms with Gasteiger partial charge >= 0.3 is 6.03 Å². The molecule has 136 valence electrons. The maximum Gasteiger partial charge on any atom is 0.314 e. The molecule has 0 aliphatic carbocycles. The van der Waals surface area contributed by atoms with Gasteiger partial charge in [-0.15, -0.1) is 0 Å². The summed E-state index contributed by atoms with van der Waals surface area (Å²) in [6.07, 6.45) is 4.50. The van der Waals surface area contributed by atoms with E-state index in [1.165, 1.54) is 0 Å². The van der Waals surface area contributed by atoms with E-state index >= 15 is 0 Å². The lowest BCUT2D eigenvalue weighted by Crippen LogP contribution is -2.41. The summed E-state index contributed by atoms with van der Waals surface area (Å²) in [4.78, 5) is 14.1. The van der Waals surface area contributed by atoms with Crippen molar-refractivity contribution in [3.63, 3.8) is 0 Å². The third kappa shape index (κ3) is 6.11. The van der Waals surface area contributed by atoms with E-state index in [4.69, 9.17) is 4.74 Å². The summed E-state index contributed by atoms with van der Waals surface area (Å²) in [5, 5.41) is 9.95. The molecule has 1 heterocycles. The average Bonchev–Trinajstić information content (AvgIpc) is 3.12. The Labute approximate surface area is 149 Å². The first-order valence-electron chi connectivity index (χ1n) is 8.39. The van der Waals surface area contributed by atoms with E-state index in [1.54, 1.807) is 13.3 Å². The molecule has 0 saturated heterocycles. The predicted molar refractivity (Wildman–Crippen MR) is 97.7 cm³/mol. The van der Waals surface area contributed by atoms with Crippen LogP contribution >= 0.6 is 0 Å². The number of carbonyl (C=O) groups is 1. The molecule has 25 heavy (non-hydrogen) atoms. The summed E-state index contributed by atoms with van der Waals surface area (Å²) in [5.41, 5.74) is 1.13. The van der Waals surface area contributed by atoms with Gasteiger partial charge < -0.3 is 20.3 Å². The number of urea groups is 1. The number of likely N-dealkylation sites (N-methyl/N-ethyl adjacent to an activating group) is 1. The van der Waals surface area contributed by atoms with E-state index in [-0.39, 0.29) is 12.1 Å². The zero-order chi connectivity index (χ0) is 18.1. The van der Waals surface area contributed by atoms with Gasteiger partial charge in [0, 0.05) is 32.0 Å². The van der Waals surface area contributed by atoms with Gasteiger partial charge in [-0.1, -0.05) is 12.1 Å². The molecular formula is C18H27N5O2. The quantitative estimate of drug-likeness (QED) is 0.681. The summed E-state index contributed by atoms with van der Waals surface area (Å²) >= 11 is 0. The summed E-state index contributed by atoms with van der Waals surface area (Å²) < 4.78 is 7.04. The molecule has 1 unspecified atom stereocenters. The topological polar surface area (TPSA) is 71.4 Å². The lowest BCUT2D eigenvalue weighted by molar-refractivity contribution is 0.232. The first-order valence-corrected chi connectivity index (χ1v) is 8.39. The molecule has 1 atom stereocenters. The van der Waals surface area contributed by atoms with E-state index in [1.807, 2.05) is 55.3 Å². The normalized spacial score (nSPS) is 12.0. The Kier molecular flexibility index (Phi) is 7.28. The zero-order valence-corrected chi connectivity index (χ0v) is 15.1. The van der Waals surface area contributed by atoms with Crippen LogP contribution in [0.5, 0.6) is 5.75 Å². The highest BCUT2D eigenvalue weighted by molar-refractivity contribution is 5.73. The second-order valence-electron chi connectivity index (χ2n) is 6.01. The van der Waals surface area contributed by atoms with E-state index in [0.29, 0.717) is 13.1 Å². The molecule has 0 aliphatic heterocycles. The summed E-state index contributed by atoms with van der Waals surface area (Å²) in [7, 11) is 5.65. The SMILES string of the molecule is COc1ccc(C(CNC(=O)NCCCn2cccn2)N(C)C)cc1. The van der Waals surface area contributed by atoms with Crippen LogP contribution in [0.1, 0.15) is 18.0 Å². The van der Waals surface area contributed by atoms with Crippen molar-refractivity contribution in [3.8, 4) is 5.75 Å². The summed E-state index contributed by atoms with van der Waals surface area (Å²) in [6.45, 7) is 1.94. The minimum Gasteiger partial charge on any atom is -0.497 e. The van der Waals surface area contributed by atoms with E-state index in [0.717, 1.165) is 24.3 Å². The zero-order valence-electron chi connectivity index (χ0n) is 15.1. The molecule has 2 N–H and O–H groups in total. The molecule has 0 saturated carbocycles. The highest BCUT2D eigenvalue weighted by atomic mass is 16.5. The van der Waals surface area contributed by atoms with Crippen LogP contribution < -0.4 is 15.4 Å². The lowest BCUT2D eigenvalue weighted by atomic mass is 10.1. The van der Waals surface area contributed by atoms with Crippen LogP contribution in [0.15, 0.2) is 42.7 Å². The van der Waals surface area contributed by atoms with Gasteiger partial charge in [-0.2, -0.15) is 5.10 Å².